The summed E-state index contributed by atoms with van der Waals surface area (Å²) in [4.78, 5) is 29.2. The molecule has 7 nitrogen and oxygen atoms in total. The smallest absolute Gasteiger partial charge is 0.261 e. The van der Waals surface area contributed by atoms with Crippen molar-refractivity contribution in [3.63, 3.8) is 0 Å². The zero-order valence-corrected chi connectivity index (χ0v) is 23.2. The van der Waals surface area contributed by atoms with E-state index >= 15 is 0 Å². The molecule has 0 aliphatic heterocycles. The molecule has 0 aromatic heterocycles. The van der Waals surface area contributed by atoms with E-state index in [1.165, 1.54) is 0 Å². The zero-order chi connectivity index (χ0) is 27.6. The molecule has 0 radical (unpaired) electrons. The maximum absolute atomic E-state index is 13.8. The lowest BCUT2D eigenvalue weighted by molar-refractivity contribution is -0.143. The summed E-state index contributed by atoms with van der Waals surface area (Å²) in [5.41, 5.74) is 1.79. The molecule has 0 heterocycles. The molecule has 1 saturated carbocycles. The molecule has 0 saturated heterocycles. The van der Waals surface area contributed by atoms with Crippen LogP contribution in [0, 0.1) is 0 Å². The summed E-state index contributed by atoms with van der Waals surface area (Å²) in [7, 11) is 3.10. The second kappa shape index (κ2) is 13.9. The van der Waals surface area contributed by atoms with Crippen LogP contribution >= 0.6 is 11.6 Å². The Morgan fingerprint density at radius 1 is 0.897 bits per heavy atom. The van der Waals surface area contributed by atoms with Crippen molar-refractivity contribution >= 4 is 23.4 Å². The van der Waals surface area contributed by atoms with Crippen LogP contribution in [0.5, 0.6) is 17.2 Å². The predicted molar refractivity (Wildman–Crippen MR) is 151 cm³/mol. The monoisotopic (exact) mass is 550 g/mol. The third-order valence-electron chi connectivity index (χ3n) is 6.90. The summed E-state index contributed by atoms with van der Waals surface area (Å²) in [5.74, 6) is 1.04. The van der Waals surface area contributed by atoms with Crippen LogP contribution < -0.4 is 19.5 Å². The van der Waals surface area contributed by atoms with Gasteiger partial charge in [0.2, 0.25) is 5.91 Å². The van der Waals surface area contributed by atoms with Gasteiger partial charge in [-0.25, -0.2) is 0 Å². The van der Waals surface area contributed by atoms with E-state index in [4.69, 9.17) is 25.8 Å². The molecule has 1 fully saturated rings. The first kappa shape index (κ1) is 28.3. The van der Waals surface area contributed by atoms with Crippen LogP contribution in [0.25, 0.3) is 0 Å². The number of amides is 2. The number of methoxy groups -OCH3 is 2. The van der Waals surface area contributed by atoms with Gasteiger partial charge in [-0.05, 0) is 36.1 Å². The lowest BCUT2D eigenvalue weighted by atomic mass is 10.0. The molecule has 0 spiro atoms. The van der Waals surface area contributed by atoms with Gasteiger partial charge in [0, 0.05) is 42.2 Å². The summed E-state index contributed by atoms with van der Waals surface area (Å²) in [6, 6.07) is 21.6. The molecule has 206 valence electrons. The van der Waals surface area contributed by atoms with E-state index in [2.05, 4.69) is 5.32 Å². The summed E-state index contributed by atoms with van der Waals surface area (Å²) >= 11 is 6.26. The molecule has 3 aromatic carbocycles. The molecule has 1 aliphatic carbocycles. The van der Waals surface area contributed by atoms with Crippen molar-refractivity contribution in [2.45, 2.75) is 50.7 Å². The lowest BCUT2D eigenvalue weighted by Gasteiger charge is -2.32. The second-order valence-corrected chi connectivity index (χ2v) is 10.1. The highest BCUT2D eigenvalue weighted by Crippen LogP contribution is 2.28. The number of nitrogens with zero attached hydrogens (tertiary/aromatic N) is 1. The van der Waals surface area contributed by atoms with Crippen molar-refractivity contribution in [2.75, 3.05) is 20.8 Å². The molecule has 0 bridgehead atoms. The molecule has 1 N–H and O–H groups in total. The van der Waals surface area contributed by atoms with Gasteiger partial charge in [-0.3, -0.25) is 9.59 Å². The Morgan fingerprint density at radius 2 is 1.54 bits per heavy atom. The SMILES string of the molecule is COc1cc(OC)cc(OCC(=O)N(Cc2cccc(Cl)c2)[C@H](Cc2ccccc2)C(=O)NC2CCCC2)c1. The minimum absolute atomic E-state index is 0.124. The van der Waals surface area contributed by atoms with Crippen LogP contribution in [0.3, 0.4) is 0 Å². The van der Waals surface area contributed by atoms with Crippen LogP contribution in [-0.2, 0) is 22.6 Å². The average molecular weight is 551 g/mol. The number of nitrogens with one attached hydrogen (secondary N) is 1. The third kappa shape index (κ3) is 8.14. The Bertz CT molecular complexity index is 1220. The highest BCUT2D eigenvalue weighted by molar-refractivity contribution is 6.30. The van der Waals surface area contributed by atoms with Gasteiger partial charge in [0.1, 0.15) is 23.3 Å². The van der Waals surface area contributed by atoms with Gasteiger partial charge in [-0.2, -0.15) is 0 Å². The van der Waals surface area contributed by atoms with E-state index in [1.54, 1.807) is 43.4 Å². The van der Waals surface area contributed by atoms with Crippen LogP contribution in [0.2, 0.25) is 5.02 Å². The van der Waals surface area contributed by atoms with E-state index in [0.29, 0.717) is 28.7 Å². The number of carbonyl (C=O) groups is 2. The van der Waals surface area contributed by atoms with Crippen LogP contribution in [0.4, 0.5) is 0 Å². The minimum atomic E-state index is -0.733. The molecule has 0 unspecified atom stereocenters. The van der Waals surface area contributed by atoms with Crippen LogP contribution in [-0.4, -0.2) is 49.6 Å². The number of hydrogen-bond acceptors (Lipinski definition) is 5. The van der Waals surface area contributed by atoms with E-state index in [9.17, 15) is 9.59 Å². The first-order valence-corrected chi connectivity index (χ1v) is 13.6. The zero-order valence-electron chi connectivity index (χ0n) is 22.4. The van der Waals surface area contributed by atoms with Gasteiger partial charge < -0.3 is 24.4 Å². The normalized spacial score (nSPS) is 13.9. The molecule has 2 amide bonds. The summed E-state index contributed by atoms with van der Waals surface area (Å²) in [6.07, 6.45) is 4.47. The summed E-state index contributed by atoms with van der Waals surface area (Å²) < 4.78 is 16.5. The average Bonchev–Trinajstić information content (AvgIpc) is 3.47. The fraction of sp³-hybridized carbons (Fsp3) is 0.355. The molecule has 4 rings (SSSR count). The largest absolute Gasteiger partial charge is 0.496 e. The standard InChI is InChI=1S/C31H35ClN2O5/c1-37-26-17-27(38-2)19-28(18-26)39-21-30(35)34(20-23-11-8-12-24(32)15-23)29(16-22-9-4-3-5-10-22)31(36)33-25-13-6-7-14-25/h3-5,8-12,15,17-19,25,29H,6-7,13-14,16,20-21H2,1-2H3,(H,33,36)/t29-/m1/s1. The summed E-state index contributed by atoms with van der Waals surface area (Å²) in [5, 5.41) is 3.77. The van der Waals surface area contributed by atoms with Crippen molar-refractivity contribution in [2.24, 2.45) is 0 Å². The number of hydrogen-bond donors (Lipinski definition) is 1. The maximum Gasteiger partial charge on any atom is 0.261 e. The van der Waals surface area contributed by atoms with Crippen molar-refractivity contribution in [3.05, 3.63) is 88.9 Å². The number of rotatable bonds is 12. The van der Waals surface area contributed by atoms with E-state index in [0.717, 1.165) is 36.8 Å². The van der Waals surface area contributed by atoms with Crippen molar-refractivity contribution in [1.29, 1.82) is 0 Å². The lowest BCUT2D eigenvalue weighted by Crippen LogP contribution is -2.53. The fourth-order valence-corrected chi connectivity index (χ4v) is 5.06. The fourth-order valence-electron chi connectivity index (χ4n) is 4.85. The number of benzene rings is 3. The van der Waals surface area contributed by atoms with Crippen molar-refractivity contribution in [1.82, 2.24) is 10.2 Å². The van der Waals surface area contributed by atoms with E-state index < -0.39 is 6.04 Å². The summed E-state index contributed by atoms with van der Waals surface area (Å²) in [6.45, 7) is -0.0569. The number of ether oxygens (including phenoxy) is 3. The third-order valence-corrected chi connectivity index (χ3v) is 7.14. The number of halogens is 1. The predicted octanol–water partition coefficient (Wildman–Crippen LogP) is 5.43. The topological polar surface area (TPSA) is 77.1 Å². The van der Waals surface area contributed by atoms with Gasteiger partial charge in [0.25, 0.3) is 5.91 Å². The maximum atomic E-state index is 13.8. The highest BCUT2D eigenvalue weighted by atomic mass is 35.5. The Morgan fingerprint density at radius 3 is 2.18 bits per heavy atom. The Balaban J connectivity index is 1.62. The van der Waals surface area contributed by atoms with Gasteiger partial charge in [0.15, 0.2) is 6.61 Å². The Hall–Kier alpha value is -3.71. The highest BCUT2D eigenvalue weighted by Gasteiger charge is 2.32. The van der Waals surface area contributed by atoms with Gasteiger partial charge in [-0.1, -0.05) is 66.9 Å². The molecule has 3 aromatic rings. The molecule has 8 heteroatoms. The number of carbonyl (C=O) groups excluding carboxylic acids is 2. The minimum Gasteiger partial charge on any atom is -0.496 e. The van der Waals surface area contributed by atoms with E-state index in [1.807, 2.05) is 48.5 Å². The van der Waals surface area contributed by atoms with Crippen molar-refractivity contribution in [3.8, 4) is 17.2 Å². The molecular weight excluding hydrogens is 516 g/mol. The molecule has 1 atom stereocenters. The van der Waals surface area contributed by atoms with Gasteiger partial charge in [-0.15, -0.1) is 0 Å². The Kier molecular flexibility index (Phi) is 10.1. The van der Waals surface area contributed by atoms with Gasteiger partial charge >= 0.3 is 0 Å². The molecule has 39 heavy (non-hydrogen) atoms. The first-order chi connectivity index (χ1) is 18.9. The van der Waals surface area contributed by atoms with E-state index in [-0.39, 0.29) is 31.0 Å². The second-order valence-electron chi connectivity index (χ2n) is 9.68. The van der Waals surface area contributed by atoms with Crippen LogP contribution in [0.15, 0.2) is 72.8 Å². The van der Waals surface area contributed by atoms with Gasteiger partial charge in [0.05, 0.1) is 14.2 Å². The Labute approximate surface area is 235 Å². The molecular formula is C31H35ClN2O5. The first-order valence-electron chi connectivity index (χ1n) is 13.2. The quantitative estimate of drug-likeness (QED) is 0.325. The van der Waals surface area contributed by atoms with Crippen molar-refractivity contribution < 1.29 is 23.8 Å². The van der Waals surface area contributed by atoms with Crippen LogP contribution in [0.1, 0.15) is 36.8 Å². The molecule has 1 aliphatic rings.